The van der Waals surface area contributed by atoms with Crippen LogP contribution in [0.1, 0.15) is 25.7 Å². The molecule has 3 nitrogen and oxygen atoms in total. The van der Waals surface area contributed by atoms with E-state index in [1.807, 2.05) is 0 Å². The smallest absolute Gasteiger partial charge is 0.225 e. The molecular formula is C11H13ClFN3. The maximum atomic E-state index is 12.8. The Morgan fingerprint density at radius 2 is 1.75 bits per heavy atom. The van der Waals surface area contributed by atoms with Gasteiger partial charge in [-0.1, -0.05) is 0 Å². The summed E-state index contributed by atoms with van der Waals surface area (Å²) >= 11 is 6.20. The maximum absolute atomic E-state index is 12.8. The molecule has 1 aromatic rings. The first-order valence-corrected chi connectivity index (χ1v) is 6.07. The molecular weight excluding hydrogens is 229 g/mol. The van der Waals surface area contributed by atoms with E-state index in [4.69, 9.17) is 11.6 Å². The van der Waals surface area contributed by atoms with Gasteiger partial charge in [0.15, 0.2) is 5.82 Å². The minimum absolute atomic E-state index is 0.272. The SMILES string of the molecule is Fc1cnc(N2C3CCC2CC(Cl)C3)nc1. The van der Waals surface area contributed by atoms with Gasteiger partial charge in [0.05, 0.1) is 12.4 Å². The molecule has 0 radical (unpaired) electrons. The first-order valence-electron chi connectivity index (χ1n) is 5.64. The summed E-state index contributed by atoms with van der Waals surface area (Å²) in [5.41, 5.74) is 0. The van der Waals surface area contributed by atoms with Gasteiger partial charge in [-0.25, -0.2) is 14.4 Å². The fraction of sp³-hybridized carbons (Fsp3) is 0.636. The summed E-state index contributed by atoms with van der Waals surface area (Å²) < 4.78 is 12.8. The standard InChI is InChI=1S/C11H13ClFN3/c12-7-3-9-1-2-10(4-7)16(9)11-14-5-8(13)6-15-11/h5-7,9-10H,1-4H2. The lowest BCUT2D eigenvalue weighted by molar-refractivity contribution is 0.465. The van der Waals surface area contributed by atoms with Gasteiger partial charge in [0.25, 0.3) is 0 Å². The second-order valence-corrected chi connectivity index (χ2v) is 5.18. The predicted molar refractivity (Wildman–Crippen MR) is 60.2 cm³/mol. The number of alkyl halides is 1. The zero-order chi connectivity index (χ0) is 11.1. The highest BCUT2D eigenvalue weighted by Crippen LogP contribution is 2.39. The van der Waals surface area contributed by atoms with E-state index in [2.05, 4.69) is 14.9 Å². The number of anilines is 1. The van der Waals surface area contributed by atoms with Gasteiger partial charge < -0.3 is 4.90 Å². The lowest BCUT2D eigenvalue weighted by Gasteiger charge is -2.36. The quantitative estimate of drug-likeness (QED) is 0.707. The minimum atomic E-state index is -0.386. The number of hydrogen-bond acceptors (Lipinski definition) is 3. The average molecular weight is 242 g/mol. The Morgan fingerprint density at radius 3 is 2.31 bits per heavy atom. The van der Waals surface area contributed by atoms with Crippen LogP contribution in [0.5, 0.6) is 0 Å². The van der Waals surface area contributed by atoms with Crippen LogP contribution in [-0.2, 0) is 0 Å². The Hall–Kier alpha value is -0.900. The fourth-order valence-electron chi connectivity index (χ4n) is 2.88. The van der Waals surface area contributed by atoms with E-state index in [9.17, 15) is 4.39 Å². The van der Waals surface area contributed by atoms with Crippen LogP contribution in [0.2, 0.25) is 0 Å². The zero-order valence-corrected chi connectivity index (χ0v) is 9.57. The second kappa shape index (κ2) is 3.84. The first-order chi connectivity index (χ1) is 7.74. The highest BCUT2D eigenvalue weighted by Gasteiger charge is 2.41. The molecule has 2 aliphatic heterocycles. The van der Waals surface area contributed by atoms with Crippen molar-refractivity contribution in [3.8, 4) is 0 Å². The highest BCUT2D eigenvalue weighted by atomic mass is 35.5. The molecule has 5 heteroatoms. The van der Waals surface area contributed by atoms with Gasteiger partial charge in [0, 0.05) is 17.5 Å². The average Bonchev–Trinajstić information content (AvgIpc) is 2.54. The summed E-state index contributed by atoms with van der Waals surface area (Å²) in [4.78, 5) is 10.3. The molecule has 2 bridgehead atoms. The van der Waals surface area contributed by atoms with Crippen molar-refractivity contribution in [1.29, 1.82) is 0 Å². The van der Waals surface area contributed by atoms with Crippen LogP contribution in [0.4, 0.5) is 10.3 Å². The molecule has 0 aromatic carbocycles. The van der Waals surface area contributed by atoms with Gasteiger partial charge in [-0.3, -0.25) is 0 Å². The molecule has 3 rings (SSSR count). The van der Waals surface area contributed by atoms with Gasteiger partial charge in [0.1, 0.15) is 0 Å². The Kier molecular flexibility index (Phi) is 2.46. The number of nitrogens with zero attached hydrogens (tertiary/aromatic N) is 3. The number of rotatable bonds is 1. The normalized spacial score (nSPS) is 33.1. The summed E-state index contributed by atoms with van der Waals surface area (Å²) in [6, 6.07) is 0.874. The van der Waals surface area contributed by atoms with Crippen molar-refractivity contribution < 1.29 is 4.39 Å². The van der Waals surface area contributed by atoms with Gasteiger partial charge in [0.2, 0.25) is 5.95 Å². The molecule has 0 saturated carbocycles. The van der Waals surface area contributed by atoms with Gasteiger partial charge in [-0.2, -0.15) is 0 Å². The van der Waals surface area contributed by atoms with Crippen molar-refractivity contribution in [3.63, 3.8) is 0 Å². The Balaban J connectivity index is 1.88. The Morgan fingerprint density at radius 1 is 1.19 bits per heavy atom. The zero-order valence-electron chi connectivity index (χ0n) is 8.81. The molecule has 2 atom stereocenters. The number of hydrogen-bond donors (Lipinski definition) is 0. The molecule has 16 heavy (non-hydrogen) atoms. The molecule has 0 spiro atoms. The molecule has 3 heterocycles. The largest absolute Gasteiger partial charge is 0.335 e. The molecule has 1 aromatic heterocycles. The molecule has 0 aliphatic carbocycles. The van der Waals surface area contributed by atoms with Crippen molar-refractivity contribution in [3.05, 3.63) is 18.2 Å². The lowest BCUT2D eigenvalue weighted by atomic mass is 10.0. The van der Waals surface area contributed by atoms with E-state index in [1.54, 1.807) is 0 Å². The molecule has 86 valence electrons. The Labute approximate surface area is 98.6 Å². The molecule has 0 amide bonds. The van der Waals surface area contributed by atoms with Crippen LogP contribution in [0.3, 0.4) is 0 Å². The van der Waals surface area contributed by atoms with E-state index in [-0.39, 0.29) is 11.2 Å². The third kappa shape index (κ3) is 1.65. The van der Waals surface area contributed by atoms with Gasteiger partial charge in [-0.15, -0.1) is 11.6 Å². The van der Waals surface area contributed by atoms with E-state index in [0.717, 1.165) is 25.7 Å². The summed E-state index contributed by atoms with van der Waals surface area (Å²) in [6.07, 6.45) is 6.73. The molecule has 2 saturated heterocycles. The second-order valence-electron chi connectivity index (χ2n) is 4.56. The number of halogens is 2. The predicted octanol–water partition coefficient (Wildman–Crippen LogP) is 2.35. The number of fused-ring (bicyclic) bond motifs is 2. The van der Waals surface area contributed by atoms with Crippen molar-refractivity contribution in [2.75, 3.05) is 4.90 Å². The maximum Gasteiger partial charge on any atom is 0.225 e. The number of aromatic nitrogens is 2. The third-order valence-electron chi connectivity index (χ3n) is 3.51. The van der Waals surface area contributed by atoms with Crippen LogP contribution in [0.25, 0.3) is 0 Å². The topological polar surface area (TPSA) is 29.0 Å². The summed E-state index contributed by atoms with van der Waals surface area (Å²) in [5, 5.41) is 0.272. The number of piperidine rings is 1. The van der Waals surface area contributed by atoms with E-state index >= 15 is 0 Å². The fourth-order valence-corrected chi connectivity index (χ4v) is 3.29. The van der Waals surface area contributed by atoms with Crippen LogP contribution in [-0.4, -0.2) is 27.4 Å². The van der Waals surface area contributed by atoms with E-state index < -0.39 is 0 Å². The molecule has 2 fully saturated rings. The van der Waals surface area contributed by atoms with Crippen molar-refractivity contribution in [1.82, 2.24) is 9.97 Å². The molecule has 0 N–H and O–H groups in total. The highest BCUT2D eigenvalue weighted by molar-refractivity contribution is 6.20. The van der Waals surface area contributed by atoms with E-state index in [1.165, 1.54) is 12.4 Å². The van der Waals surface area contributed by atoms with E-state index in [0.29, 0.717) is 18.0 Å². The van der Waals surface area contributed by atoms with Gasteiger partial charge >= 0.3 is 0 Å². The summed E-state index contributed by atoms with van der Waals surface area (Å²) in [6.45, 7) is 0. The monoisotopic (exact) mass is 241 g/mol. The first kappa shape index (κ1) is 10.3. The van der Waals surface area contributed by atoms with Crippen molar-refractivity contribution in [2.45, 2.75) is 43.1 Å². The minimum Gasteiger partial charge on any atom is -0.335 e. The van der Waals surface area contributed by atoms with Crippen LogP contribution in [0.15, 0.2) is 12.4 Å². The van der Waals surface area contributed by atoms with Crippen LogP contribution in [0, 0.1) is 5.82 Å². The van der Waals surface area contributed by atoms with Gasteiger partial charge in [-0.05, 0) is 25.7 Å². The van der Waals surface area contributed by atoms with Crippen LogP contribution >= 0.6 is 11.6 Å². The summed E-state index contributed by atoms with van der Waals surface area (Å²) in [7, 11) is 0. The third-order valence-corrected chi connectivity index (χ3v) is 3.87. The van der Waals surface area contributed by atoms with Crippen LogP contribution < -0.4 is 4.90 Å². The summed E-state index contributed by atoms with van der Waals surface area (Å²) in [5.74, 6) is 0.265. The van der Waals surface area contributed by atoms with Crippen molar-refractivity contribution >= 4 is 17.5 Å². The molecule has 2 unspecified atom stereocenters. The van der Waals surface area contributed by atoms with Crippen molar-refractivity contribution in [2.24, 2.45) is 0 Å². The Bertz CT molecular complexity index is 369. The molecule has 2 aliphatic rings. The lowest BCUT2D eigenvalue weighted by Crippen LogP contribution is -2.44.